The Labute approximate surface area is 112 Å². The molecule has 0 aliphatic carbocycles. The van der Waals surface area contributed by atoms with E-state index >= 15 is 0 Å². The number of rotatable bonds is 8. The molecule has 1 aromatic rings. The van der Waals surface area contributed by atoms with Gasteiger partial charge in [-0.05, 0) is 13.0 Å². The fourth-order valence-electron chi connectivity index (χ4n) is 1.65. The van der Waals surface area contributed by atoms with Crippen LogP contribution in [0.2, 0.25) is 0 Å². The van der Waals surface area contributed by atoms with E-state index in [1.54, 1.807) is 7.11 Å². The summed E-state index contributed by atoms with van der Waals surface area (Å²) in [5.41, 5.74) is 5.84. The van der Waals surface area contributed by atoms with Crippen LogP contribution < -0.4 is 20.5 Å². The number of nitrogens with two attached hydrogens (primary N) is 1. The molecular formula is C13H20N2O4. The molecule has 0 heterocycles. The van der Waals surface area contributed by atoms with Crippen LogP contribution in [0.4, 0.5) is 4.79 Å². The van der Waals surface area contributed by atoms with Crippen molar-refractivity contribution >= 4 is 6.09 Å². The minimum atomic E-state index is -0.766. The maximum Gasteiger partial charge on any atom is 0.404 e. The minimum absolute atomic E-state index is 0.239. The summed E-state index contributed by atoms with van der Waals surface area (Å²) in [4.78, 5) is 10.4. The maximum absolute atomic E-state index is 10.4. The number of hydrogen-bond acceptors (Lipinski definition) is 5. The highest BCUT2D eigenvalue weighted by atomic mass is 16.5. The number of para-hydroxylation sites is 1. The van der Waals surface area contributed by atoms with Crippen LogP contribution in [-0.2, 0) is 11.3 Å². The lowest BCUT2D eigenvalue weighted by Crippen LogP contribution is -2.23. The highest BCUT2D eigenvalue weighted by molar-refractivity contribution is 5.64. The molecule has 106 valence electrons. The van der Waals surface area contributed by atoms with Crippen LogP contribution in [0.5, 0.6) is 11.5 Å². The number of benzene rings is 1. The van der Waals surface area contributed by atoms with Gasteiger partial charge in [0.1, 0.15) is 6.61 Å². The van der Waals surface area contributed by atoms with Gasteiger partial charge in [-0.3, -0.25) is 0 Å². The molecule has 1 rings (SSSR count). The lowest BCUT2D eigenvalue weighted by Gasteiger charge is -2.14. The topological polar surface area (TPSA) is 82.8 Å². The van der Waals surface area contributed by atoms with Gasteiger partial charge in [0.2, 0.25) is 0 Å². The number of ether oxygens (including phenoxy) is 3. The third kappa shape index (κ3) is 5.05. The number of hydrogen-bond donors (Lipinski definition) is 2. The minimum Gasteiger partial charge on any atom is -0.493 e. The highest BCUT2D eigenvalue weighted by Crippen LogP contribution is 2.30. The van der Waals surface area contributed by atoms with E-state index < -0.39 is 6.09 Å². The predicted octanol–water partition coefficient (Wildman–Crippen LogP) is 1.28. The molecule has 1 aromatic carbocycles. The van der Waals surface area contributed by atoms with Gasteiger partial charge in [-0.2, -0.15) is 0 Å². The first-order chi connectivity index (χ1) is 9.19. The van der Waals surface area contributed by atoms with E-state index in [9.17, 15) is 4.79 Å². The second-order valence-corrected chi connectivity index (χ2v) is 3.73. The van der Waals surface area contributed by atoms with Gasteiger partial charge in [0.05, 0.1) is 13.7 Å². The molecule has 6 nitrogen and oxygen atoms in total. The molecule has 0 aliphatic rings. The van der Waals surface area contributed by atoms with Gasteiger partial charge in [-0.1, -0.05) is 12.1 Å². The molecule has 0 fully saturated rings. The van der Waals surface area contributed by atoms with Gasteiger partial charge < -0.3 is 25.3 Å². The van der Waals surface area contributed by atoms with E-state index in [0.29, 0.717) is 25.4 Å². The molecule has 0 saturated heterocycles. The molecule has 0 spiro atoms. The van der Waals surface area contributed by atoms with Crippen LogP contribution in [0.25, 0.3) is 0 Å². The van der Waals surface area contributed by atoms with E-state index in [1.165, 1.54) is 0 Å². The predicted molar refractivity (Wildman–Crippen MR) is 71.4 cm³/mol. The average molecular weight is 268 g/mol. The molecule has 0 aromatic heterocycles. The SMILES string of the molecule is CCOc1cccc(CNCCOC(N)=O)c1OC. The average Bonchev–Trinajstić information content (AvgIpc) is 2.38. The van der Waals surface area contributed by atoms with Gasteiger partial charge in [0.15, 0.2) is 11.5 Å². The van der Waals surface area contributed by atoms with Crippen LogP contribution in [0.15, 0.2) is 18.2 Å². The standard InChI is InChI=1S/C13H20N2O4/c1-3-18-11-6-4-5-10(12(11)17-2)9-15-7-8-19-13(14)16/h4-6,15H,3,7-9H2,1-2H3,(H2,14,16). The Morgan fingerprint density at radius 2 is 2.21 bits per heavy atom. The van der Waals surface area contributed by atoms with Gasteiger partial charge in [-0.15, -0.1) is 0 Å². The van der Waals surface area contributed by atoms with E-state index in [1.807, 2.05) is 25.1 Å². The zero-order valence-electron chi connectivity index (χ0n) is 11.3. The van der Waals surface area contributed by atoms with E-state index in [2.05, 4.69) is 10.1 Å². The second kappa shape index (κ2) is 8.20. The van der Waals surface area contributed by atoms with Crippen molar-refractivity contribution in [2.45, 2.75) is 13.5 Å². The number of methoxy groups -OCH3 is 1. The van der Waals surface area contributed by atoms with Gasteiger partial charge in [-0.25, -0.2) is 4.79 Å². The quantitative estimate of drug-likeness (QED) is 0.694. The number of carbonyl (C=O) groups is 1. The third-order valence-corrected chi connectivity index (χ3v) is 2.40. The molecule has 0 aliphatic heterocycles. The molecule has 0 unspecified atom stereocenters. The molecule has 0 atom stereocenters. The summed E-state index contributed by atoms with van der Waals surface area (Å²) in [6, 6.07) is 5.72. The Kier molecular flexibility index (Phi) is 6.52. The molecular weight excluding hydrogens is 248 g/mol. The molecule has 6 heteroatoms. The number of amides is 1. The van der Waals surface area contributed by atoms with Crippen LogP contribution in [0, 0.1) is 0 Å². The Hall–Kier alpha value is -1.95. The summed E-state index contributed by atoms with van der Waals surface area (Å²) in [5, 5.41) is 3.13. The van der Waals surface area contributed by atoms with E-state index in [-0.39, 0.29) is 6.61 Å². The van der Waals surface area contributed by atoms with Crippen LogP contribution >= 0.6 is 0 Å². The zero-order chi connectivity index (χ0) is 14.1. The number of nitrogens with one attached hydrogen (secondary N) is 1. The van der Waals surface area contributed by atoms with E-state index in [0.717, 1.165) is 11.3 Å². The first-order valence-electron chi connectivity index (χ1n) is 6.10. The van der Waals surface area contributed by atoms with Crippen LogP contribution in [-0.4, -0.2) is 33.0 Å². The van der Waals surface area contributed by atoms with Crippen molar-refractivity contribution < 1.29 is 19.0 Å². The first kappa shape index (κ1) is 15.1. The molecule has 1 amide bonds. The fraction of sp³-hybridized carbons (Fsp3) is 0.462. The number of carbonyl (C=O) groups excluding carboxylic acids is 1. The molecule has 19 heavy (non-hydrogen) atoms. The summed E-state index contributed by atoms with van der Waals surface area (Å²) >= 11 is 0. The maximum atomic E-state index is 10.4. The van der Waals surface area contributed by atoms with Crippen LogP contribution in [0.3, 0.4) is 0 Å². The summed E-state index contributed by atoms with van der Waals surface area (Å²) < 4.78 is 15.5. The molecule has 0 bridgehead atoms. The number of primary amides is 1. The Morgan fingerprint density at radius 1 is 1.42 bits per heavy atom. The normalized spacial score (nSPS) is 10.0. The van der Waals surface area contributed by atoms with Gasteiger partial charge >= 0.3 is 6.09 Å². The van der Waals surface area contributed by atoms with Crippen molar-refractivity contribution in [1.82, 2.24) is 5.32 Å². The zero-order valence-corrected chi connectivity index (χ0v) is 11.3. The van der Waals surface area contributed by atoms with E-state index in [4.69, 9.17) is 15.2 Å². The lowest BCUT2D eigenvalue weighted by molar-refractivity contribution is 0.157. The van der Waals surface area contributed by atoms with Gasteiger partial charge in [0, 0.05) is 18.7 Å². The monoisotopic (exact) mass is 268 g/mol. The third-order valence-electron chi connectivity index (χ3n) is 2.40. The van der Waals surface area contributed by atoms with Crippen molar-refractivity contribution in [3.63, 3.8) is 0 Å². The largest absolute Gasteiger partial charge is 0.493 e. The summed E-state index contributed by atoms with van der Waals surface area (Å²) in [5.74, 6) is 1.44. The molecule has 0 radical (unpaired) electrons. The van der Waals surface area contributed by atoms with Crippen molar-refractivity contribution in [1.29, 1.82) is 0 Å². The molecule has 3 N–H and O–H groups in total. The second-order valence-electron chi connectivity index (χ2n) is 3.73. The van der Waals surface area contributed by atoms with Crippen LogP contribution in [0.1, 0.15) is 12.5 Å². The van der Waals surface area contributed by atoms with Crippen molar-refractivity contribution in [2.75, 3.05) is 26.9 Å². The van der Waals surface area contributed by atoms with Crippen molar-refractivity contribution in [2.24, 2.45) is 5.73 Å². The van der Waals surface area contributed by atoms with Crippen molar-refractivity contribution in [3.05, 3.63) is 23.8 Å². The Morgan fingerprint density at radius 3 is 2.84 bits per heavy atom. The summed E-state index contributed by atoms with van der Waals surface area (Å²) in [6.07, 6.45) is -0.766. The smallest absolute Gasteiger partial charge is 0.404 e. The Balaban J connectivity index is 2.52. The first-order valence-corrected chi connectivity index (χ1v) is 6.10. The fourth-order valence-corrected chi connectivity index (χ4v) is 1.65. The molecule has 0 saturated carbocycles. The van der Waals surface area contributed by atoms with Gasteiger partial charge in [0.25, 0.3) is 0 Å². The lowest BCUT2D eigenvalue weighted by atomic mass is 10.2. The highest BCUT2D eigenvalue weighted by Gasteiger charge is 2.09. The summed E-state index contributed by atoms with van der Waals surface area (Å²) in [6.45, 7) is 3.85. The van der Waals surface area contributed by atoms with Crippen molar-refractivity contribution in [3.8, 4) is 11.5 Å². The Bertz CT molecular complexity index is 410. The summed E-state index contributed by atoms with van der Waals surface area (Å²) in [7, 11) is 1.61.